The third-order valence-electron chi connectivity index (χ3n) is 4.27. The van der Waals surface area contributed by atoms with E-state index in [1.807, 2.05) is 30.0 Å². The van der Waals surface area contributed by atoms with Gasteiger partial charge in [-0.25, -0.2) is 9.97 Å². The molecule has 0 fully saturated rings. The Bertz CT molecular complexity index is 721. The van der Waals surface area contributed by atoms with Crippen molar-refractivity contribution in [1.29, 1.82) is 0 Å². The predicted octanol–water partition coefficient (Wildman–Crippen LogP) is 2.92. The second-order valence-corrected chi connectivity index (χ2v) is 7.27. The molecule has 1 atom stereocenters. The Morgan fingerprint density at radius 2 is 2.00 bits per heavy atom. The van der Waals surface area contributed by atoms with Gasteiger partial charge in [0.05, 0.1) is 6.10 Å². The first kappa shape index (κ1) is 23.4. The minimum absolute atomic E-state index is 0. The van der Waals surface area contributed by atoms with E-state index in [0.29, 0.717) is 13.1 Å². The van der Waals surface area contributed by atoms with Gasteiger partial charge in [-0.3, -0.25) is 9.56 Å². The van der Waals surface area contributed by atoms with Crippen LogP contribution in [0.25, 0.3) is 5.82 Å². The number of ether oxygens (including phenoxy) is 1. The van der Waals surface area contributed by atoms with Crippen LogP contribution in [0, 0.1) is 12.3 Å². The predicted molar refractivity (Wildman–Crippen MR) is 120 cm³/mol. The average molecular weight is 486 g/mol. The number of aryl methyl sites for hydroxylation is 1. The van der Waals surface area contributed by atoms with Crippen molar-refractivity contribution < 1.29 is 4.74 Å². The number of nitrogens with one attached hydrogen (secondary N) is 2. The summed E-state index contributed by atoms with van der Waals surface area (Å²) in [5.41, 5.74) is 1.14. The zero-order valence-corrected chi connectivity index (χ0v) is 19.3. The molecule has 0 aliphatic heterocycles. The zero-order chi connectivity index (χ0) is 19.2. The molecule has 8 heteroatoms. The van der Waals surface area contributed by atoms with Crippen molar-refractivity contribution in [2.24, 2.45) is 10.4 Å². The maximum Gasteiger partial charge on any atom is 0.191 e. The van der Waals surface area contributed by atoms with Gasteiger partial charge in [0.1, 0.15) is 11.6 Å². The van der Waals surface area contributed by atoms with E-state index in [1.54, 1.807) is 20.4 Å². The molecule has 0 bridgehead atoms. The highest BCUT2D eigenvalue weighted by Crippen LogP contribution is 2.20. The summed E-state index contributed by atoms with van der Waals surface area (Å²) >= 11 is 0. The molecule has 150 valence electrons. The third kappa shape index (κ3) is 6.76. The van der Waals surface area contributed by atoms with Crippen LogP contribution in [0.4, 0.5) is 0 Å². The molecule has 27 heavy (non-hydrogen) atoms. The van der Waals surface area contributed by atoms with E-state index in [2.05, 4.69) is 52.4 Å². The third-order valence-corrected chi connectivity index (χ3v) is 4.27. The quantitative estimate of drug-likeness (QED) is 0.373. The van der Waals surface area contributed by atoms with Crippen LogP contribution < -0.4 is 10.6 Å². The van der Waals surface area contributed by atoms with E-state index in [-0.39, 0.29) is 35.5 Å². The number of methoxy groups -OCH3 is 1. The van der Waals surface area contributed by atoms with Gasteiger partial charge in [-0.05, 0) is 24.0 Å². The number of rotatable bonds is 6. The van der Waals surface area contributed by atoms with Gasteiger partial charge in [0, 0.05) is 45.8 Å². The van der Waals surface area contributed by atoms with Gasteiger partial charge >= 0.3 is 0 Å². The largest absolute Gasteiger partial charge is 0.379 e. The molecule has 0 aromatic carbocycles. The summed E-state index contributed by atoms with van der Waals surface area (Å²) in [6.07, 6.45) is 5.64. The van der Waals surface area contributed by atoms with E-state index >= 15 is 0 Å². The first-order chi connectivity index (χ1) is 12.3. The highest BCUT2D eigenvalue weighted by molar-refractivity contribution is 14.0. The van der Waals surface area contributed by atoms with Crippen molar-refractivity contribution >= 4 is 29.9 Å². The molecule has 2 aromatic heterocycles. The van der Waals surface area contributed by atoms with Gasteiger partial charge in [-0.2, -0.15) is 0 Å². The zero-order valence-electron chi connectivity index (χ0n) is 17.0. The molecule has 1 unspecified atom stereocenters. The molecular weight excluding hydrogens is 455 g/mol. The smallest absolute Gasteiger partial charge is 0.191 e. The number of guanidine groups is 1. The first-order valence-electron chi connectivity index (χ1n) is 8.77. The average Bonchev–Trinajstić information content (AvgIpc) is 3.03. The summed E-state index contributed by atoms with van der Waals surface area (Å²) < 4.78 is 7.52. The van der Waals surface area contributed by atoms with Gasteiger partial charge < -0.3 is 15.4 Å². The van der Waals surface area contributed by atoms with Gasteiger partial charge in [-0.15, -0.1) is 24.0 Å². The number of hydrogen-bond donors (Lipinski definition) is 2. The van der Waals surface area contributed by atoms with Crippen LogP contribution in [0.2, 0.25) is 0 Å². The number of hydrogen-bond acceptors (Lipinski definition) is 4. The molecule has 0 amide bonds. The van der Waals surface area contributed by atoms with Crippen LogP contribution in [0.15, 0.2) is 35.7 Å². The fraction of sp³-hybridized carbons (Fsp3) is 0.526. The fourth-order valence-electron chi connectivity index (χ4n) is 2.62. The molecule has 0 saturated carbocycles. The number of imidazole rings is 1. The maximum atomic E-state index is 5.57. The van der Waals surface area contributed by atoms with E-state index in [1.165, 1.54) is 0 Å². The molecule has 0 aliphatic rings. The van der Waals surface area contributed by atoms with Crippen LogP contribution >= 0.6 is 24.0 Å². The summed E-state index contributed by atoms with van der Waals surface area (Å²) in [7, 11) is 3.50. The molecular formula is C19H31IN6O. The summed E-state index contributed by atoms with van der Waals surface area (Å²) in [6, 6.07) is 4.04. The molecule has 0 aliphatic carbocycles. The number of pyridine rings is 1. The van der Waals surface area contributed by atoms with Gasteiger partial charge in [0.15, 0.2) is 5.96 Å². The number of halogens is 1. The van der Waals surface area contributed by atoms with E-state index in [9.17, 15) is 0 Å². The van der Waals surface area contributed by atoms with Crippen molar-refractivity contribution in [2.45, 2.75) is 40.3 Å². The van der Waals surface area contributed by atoms with Crippen molar-refractivity contribution in [3.63, 3.8) is 0 Å². The Kier molecular flexibility index (Phi) is 9.17. The molecule has 0 radical (unpaired) electrons. The highest BCUT2D eigenvalue weighted by atomic mass is 127. The Morgan fingerprint density at radius 1 is 1.26 bits per heavy atom. The highest BCUT2D eigenvalue weighted by Gasteiger charge is 2.24. The van der Waals surface area contributed by atoms with E-state index in [0.717, 1.165) is 23.2 Å². The SMILES string of the molecule is CN=C(NCc1ccc(-n2ccnc2C)nc1)NCC(OC)C(C)(C)C.I. The van der Waals surface area contributed by atoms with Crippen molar-refractivity contribution in [1.82, 2.24) is 25.2 Å². The lowest BCUT2D eigenvalue weighted by Gasteiger charge is -2.30. The number of aromatic nitrogens is 3. The molecule has 2 heterocycles. The Labute approximate surface area is 179 Å². The van der Waals surface area contributed by atoms with Crippen LogP contribution in [0.3, 0.4) is 0 Å². The molecule has 0 spiro atoms. The van der Waals surface area contributed by atoms with Crippen LogP contribution in [0.1, 0.15) is 32.2 Å². The van der Waals surface area contributed by atoms with E-state index in [4.69, 9.17) is 4.74 Å². The van der Waals surface area contributed by atoms with E-state index < -0.39 is 0 Å². The lowest BCUT2D eigenvalue weighted by atomic mass is 9.89. The Balaban J connectivity index is 0.00000364. The molecule has 0 saturated heterocycles. The van der Waals surface area contributed by atoms with Gasteiger partial charge in [0.2, 0.25) is 0 Å². The Hall–Kier alpha value is -1.68. The fourth-order valence-corrected chi connectivity index (χ4v) is 2.62. The van der Waals surface area contributed by atoms with Crippen LogP contribution in [-0.2, 0) is 11.3 Å². The summed E-state index contributed by atoms with van der Waals surface area (Å²) in [5, 5.41) is 6.63. The van der Waals surface area contributed by atoms with Crippen molar-refractivity contribution in [3.05, 3.63) is 42.1 Å². The first-order valence-corrected chi connectivity index (χ1v) is 8.77. The minimum atomic E-state index is 0. The van der Waals surface area contributed by atoms with Gasteiger partial charge in [-0.1, -0.05) is 26.8 Å². The minimum Gasteiger partial charge on any atom is -0.379 e. The molecule has 2 aromatic rings. The lowest BCUT2D eigenvalue weighted by Crippen LogP contribution is -2.45. The topological polar surface area (TPSA) is 76.4 Å². The molecule has 2 N–H and O–H groups in total. The second-order valence-electron chi connectivity index (χ2n) is 7.27. The summed E-state index contributed by atoms with van der Waals surface area (Å²) in [4.78, 5) is 13.0. The molecule has 2 rings (SSSR count). The number of nitrogens with zero attached hydrogens (tertiary/aromatic N) is 4. The normalized spacial score (nSPS) is 13.0. The monoisotopic (exact) mass is 486 g/mol. The summed E-state index contributed by atoms with van der Waals surface area (Å²) in [5.74, 6) is 2.52. The van der Waals surface area contributed by atoms with Crippen LogP contribution in [0.5, 0.6) is 0 Å². The second kappa shape index (κ2) is 10.6. The lowest BCUT2D eigenvalue weighted by molar-refractivity contribution is 0.0205. The Morgan fingerprint density at radius 3 is 2.48 bits per heavy atom. The summed E-state index contributed by atoms with van der Waals surface area (Å²) in [6.45, 7) is 9.77. The van der Waals surface area contributed by atoms with Crippen LogP contribution in [-0.4, -0.2) is 47.3 Å². The number of aliphatic imine (C=N–C) groups is 1. The standard InChI is InChI=1S/C19H30N6O.HI/c1-14-21-9-10-25(14)17-8-7-15(11-22-17)12-23-18(20-5)24-13-16(26-6)19(2,3)4;/h7-11,16H,12-13H2,1-6H3,(H2,20,23,24);1H. The van der Waals surface area contributed by atoms with Crippen molar-refractivity contribution in [2.75, 3.05) is 20.7 Å². The maximum absolute atomic E-state index is 5.57. The van der Waals surface area contributed by atoms with Crippen molar-refractivity contribution in [3.8, 4) is 5.82 Å². The van der Waals surface area contributed by atoms with Gasteiger partial charge in [0.25, 0.3) is 0 Å². The molecule has 7 nitrogen and oxygen atoms in total.